The van der Waals surface area contributed by atoms with Crippen molar-refractivity contribution in [2.45, 2.75) is 19.5 Å². The maximum atomic E-state index is 12.2. The van der Waals surface area contributed by atoms with Gasteiger partial charge >= 0.3 is 0 Å². The van der Waals surface area contributed by atoms with Crippen LogP contribution in [0.2, 0.25) is 0 Å². The van der Waals surface area contributed by atoms with Crippen molar-refractivity contribution < 1.29 is 14.0 Å². The Kier molecular flexibility index (Phi) is 6.57. The summed E-state index contributed by atoms with van der Waals surface area (Å²) in [6.45, 7) is 3.28. The lowest BCUT2D eigenvalue weighted by Crippen LogP contribution is -2.45. The van der Waals surface area contributed by atoms with Crippen molar-refractivity contribution in [2.24, 2.45) is 0 Å². The molecule has 2 amide bonds. The summed E-state index contributed by atoms with van der Waals surface area (Å²) in [5.74, 6) is -0.0959. The second-order valence-electron chi connectivity index (χ2n) is 5.60. The van der Waals surface area contributed by atoms with E-state index in [-0.39, 0.29) is 23.6 Å². The van der Waals surface area contributed by atoms with Gasteiger partial charge in [-0.05, 0) is 31.7 Å². The second-order valence-corrected chi connectivity index (χ2v) is 5.60. The molecular weight excluding hydrogens is 306 g/mol. The van der Waals surface area contributed by atoms with Gasteiger partial charge in [-0.3, -0.25) is 14.5 Å². The van der Waals surface area contributed by atoms with Crippen LogP contribution in [-0.4, -0.2) is 42.9 Å². The minimum atomic E-state index is -0.288. The Morgan fingerprint density at radius 2 is 1.79 bits per heavy atom. The molecule has 0 fully saturated rings. The first kappa shape index (κ1) is 17.7. The summed E-state index contributed by atoms with van der Waals surface area (Å²) < 4.78 is 4.99. The summed E-state index contributed by atoms with van der Waals surface area (Å²) in [6.07, 6.45) is 1.45. The molecule has 0 aliphatic rings. The Hall–Kier alpha value is -2.60. The molecule has 128 valence electrons. The minimum Gasteiger partial charge on any atom is -0.459 e. The number of carbonyl (C=O) groups is 2. The molecule has 0 aliphatic carbocycles. The zero-order valence-corrected chi connectivity index (χ0v) is 14.0. The highest BCUT2D eigenvalue weighted by molar-refractivity contribution is 5.91. The van der Waals surface area contributed by atoms with E-state index < -0.39 is 0 Å². The Bertz CT molecular complexity index is 641. The maximum Gasteiger partial charge on any atom is 0.287 e. The van der Waals surface area contributed by atoms with Gasteiger partial charge in [0.2, 0.25) is 5.91 Å². The Labute approximate surface area is 141 Å². The van der Waals surface area contributed by atoms with Crippen LogP contribution >= 0.6 is 0 Å². The van der Waals surface area contributed by atoms with Crippen molar-refractivity contribution in [1.29, 1.82) is 0 Å². The maximum absolute atomic E-state index is 12.2. The highest BCUT2D eigenvalue weighted by Gasteiger charge is 2.17. The summed E-state index contributed by atoms with van der Waals surface area (Å²) in [5.41, 5.74) is 1.16. The molecule has 6 heteroatoms. The molecule has 1 aromatic heterocycles. The molecule has 0 saturated carbocycles. The summed E-state index contributed by atoms with van der Waals surface area (Å²) in [5, 5.41) is 5.51. The van der Waals surface area contributed by atoms with Crippen molar-refractivity contribution >= 4 is 11.8 Å². The first-order valence-electron chi connectivity index (χ1n) is 7.91. The van der Waals surface area contributed by atoms with E-state index in [0.717, 1.165) is 5.56 Å². The smallest absolute Gasteiger partial charge is 0.287 e. The molecule has 6 nitrogen and oxygen atoms in total. The van der Waals surface area contributed by atoms with Gasteiger partial charge in [0.15, 0.2) is 5.76 Å². The zero-order valence-electron chi connectivity index (χ0n) is 14.0. The zero-order chi connectivity index (χ0) is 17.4. The number of hydrogen-bond donors (Lipinski definition) is 2. The van der Waals surface area contributed by atoms with Crippen LogP contribution < -0.4 is 10.6 Å². The van der Waals surface area contributed by atoms with Crippen LogP contribution in [0.25, 0.3) is 0 Å². The highest BCUT2D eigenvalue weighted by atomic mass is 16.3. The van der Waals surface area contributed by atoms with Crippen molar-refractivity contribution in [3.8, 4) is 0 Å². The van der Waals surface area contributed by atoms with E-state index in [9.17, 15) is 9.59 Å². The van der Waals surface area contributed by atoms with Crippen LogP contribution in [0.4, 0.5) is 0 Å². The van der Waals surface area contributed by atoms with E-state index in [0.29, 0.717) is 19.6 Å². The number of carbonyl (C=O) groups excluding carboxylic acids is 2. The van der Waals surface area contributed by atoms with Crippen LogP contribution in [0.5, 0.6) is 0 Å². The number of nitrogens with one attached hydrogen (secondary N) is 2. The minimum absolute atomic E-state index is 0.0688. The molecule has 1 atom stereocenters. The van der Waals surface area contributed by atoms with E-state index in [4.69, 9.17) is 4.42 Å². The molecule has 24 heavy (non-hydrogen) atoms. The molecule has 2 N–H and O–H groups in total. The summed E-state index contributed by atoms with van der Waals surface area (Å²) in [4.78, 5) is 25.8. The SMILES string of the molecule is C[C@@H](C(=O)NCCNC(=O)c1ccco1)N(C)Cc1ccccc1. The molecule has 0 saturated heterocycles. The van der Waals surface area contributed by atoms with Crippen molar-refractivity contribution in [2.75, 3.05) is 20.1 Å². The van der Waals surface area contributed by atoms with Gasteiger partial charge in [0.1, 0.15) is 0 Å². The fraction of sp³-hybridized carbons (Fsp3) is 0.333. The second kappa shape index (κ2) is 8.88. The Morgan fingerprint density at radius 1 is 1.08 bits per heavy atom. The lowest BCUT2D eigenvalue weighted by molar-refractivity contribution is -0.125. The molecule has 2 rings (SSSR count). The molecule has 0 radical (unpaired) electrons. The number of nitrogens with zero attached hydrogens (tertiary/aromatic N) is 1. The fourth-order valence-corrected chi connectivity index (χ4v) is 2.21. The Balaban J connectivity index is 1.68. The summed E-state index contributed by atoms with van der Waals surface area (Å²) >= 11 is 0. The average Bonchev–Trinajstić information content (AvgIpc) is 3.13. The lowest BCUT2D eigenvalue weighted by Gasteiger charge is -2.24. The third-order valence-corrected chi connectivity index (χ3v) is 3.77. The van der Waals surface area contributed by atoms with E-state index in [1.165, 1.54) is 6.26 Å². The van der Waals surface area contributed by atoms with Gasteiger partial charge in [0.25, 0.3) is 5.91 Å². The van der Waals surface area contributed by atoms with Gasteiger partial charge in [0.05, 0.1) is 12.3 Å². The number of benzene rings is 1. The van der Waals surface area contributed by atoms with Crippen LogP contribution in [0, 0.1) is 0 Å². The normalized spacial score (nSPS) is 12.0. The average molecular weight is 329 g/mol. The predicted molar refractivity (Wildman–Crippen MR) is 91.4 cm³/mol. The van der Waals surface area contributed by atoms with Gasteiger partial charge in [0, 0.05) is 19.6 Å². The number of likely N-dealkylation sites (N-methyl/N-ethyl adjacent to an activating group) is 1. The quantitative estimate of drug-likeness (QED) is 0.722. The summed E-state index contributed by atoms with van der Waals surface area (Å²) in [7, 11) is 1.91. The molecule has 1 heterocycles. The number of hydrogen-bond acceptors (Lipinski definition) is 4. The molecule has 0 unspecified atom stereocenters. The van der Waals surface area contributed by atoms with Crippen molar-refractivity contribution in [1.82, 2.24) is 15.5 Å². The highest BCUT2D eigenvalue weighted by Crippen LogP contribution is 2.06. The number of rotatable bonds is 8. The molecular formula is C18H23N3O3. The van der Waals surface area contributed by atoms with E-state index in [1.54, 1.807) is 12.1 Å². The van der Waals surface area contributed by atoms with Crippen LogP contribution in [0.15, 0.2) is 53.1 Å². The third-order valence-electron chi connectivity index (χ3n) is 3.77. The van der Waals surface area contributed by atoms with E-state index in [1.807, 2.05) is 49.2 Å². The van der Waals surface area contributed by atoms with Crippen LogP contribution in [0.1, 0.15) is 23.0 Å². The first-order chi connectivity index (χ1) is 11.6. The monoisotopic (exact) mass is 329 g/mol. The van der Waals surface area contributed by atoms with Gasteiger partial charge in [-0.15, -0.1) is 0 Å². The molecule has 0 spiro atoms. The van der Waals surface area contributed by atoms with Crippen molar-refractivity contribution in [3.05, 3.63) is 60.1 Å². The van der Waals surface area contributed by atoms with Crippen molar-refractivity contribution in [3.63, 3.8) is 0 Å². The fourth-order valence-electron chi connectivity index (χ4n) is 2.21. The topological polar surface area (TPSA) is 74.6 Å². The molecule has 2 aromatic rings. The van der Waals surface area contributed by atoms with Gasteiger partial charge in [-0.2, -0.15) is 0 Å². The van der Waals surface area contributed by atoms with Gasteiger partial charge in [-0.1, -0.05) is 30.3 Å². The van der Waals surface area contributed by atoms with E-state index >= 15 is 0 Å². The van der Waals surface area contributed by atoms with Crippen LogP contribution in [-0.2, 0) is 11.3 Å². The molecule has 0 bridgehead atoms. The van der Waals surface area contributed by atoms with Gasteiger partial charge < -0.3 is 15.1 Å². The standard InChI is InChI=1S/C18H23N3O3/c1-14(21(2)13-15-7-4-3-5-8-15)17(22)19-10-11-20-18(23)16-9-6-12-24-16/h3-9,12,14H,10-11,13H2,1-2H3,(H,19,22)(H,20,23)/t14-/m0/s1. The van der Waals surface area contributed by atoms with Gasteiger partial charge in [-0.25, -0.2) is 0 Å². The number of furan rings is 1. The molecule has 0 aliphatic heterocycles. The predicted octanol–water partition coefficient (Wildman–Crippen LogP) is 1.65. The van der Waals surface area contributed by atoms with Crippen LogP contribution in [0.3, 0.4) is 0 Å². The lowest BCUT2D eigenvalue weighted by atomic mass is 10.2. The largest absolute Gasteiger partial charge is 0.459 e. The molecule has 1 aromatic carbocycles. The van der Waals surface area contributed by atoms with E-state index in [2.05, 4.69) is 10.6 Å². The number of amides is 2. The third kappa shape index (κ3) is 5.24. The summed E-state index contributed by atoms with van der Waals surface area (Å²) in [6, 6.07) is 13.0. The first-order valence-corrected chi connectivity index (χ1v) is 7.91. The Morgan fingerprint density at radius 3 is 2.46 bits per heavy atom.